The number of nitrogens with one attached hydrogen (secondary N) is 1. The molecule has 0 bridgehead atoms. The smallest absolute Gasteiger partial charge is 0.324 e. The average Bonchev–Trinajstić information content (AvgIpc) is 2.99. The molecule has 2 aliphatic carbocycles. The Labute approximate surface area is 180 Å². The molecular formula is C24H36N2O4. The molecule has 0 aliphatic heterocycles. The lowest BCUT2D eigenvalue weighted by molar-refractivity contribution is -0.116. The highest BCUT2D eigenvalue weighted by molar-refractivity contribution is 5.85. The lowest BCUT2D eigenvalue weighted by Crippen LogP contribution is -2.48. The summed E-state index contributed by atoms with van der Waals surface area (Å²) in [6, 6.07) is 5.60. The van der Waals surface area contributed by atoms with Crippen molar-refractivity contribution in [1.82, 2.24) is 10.2 Å². The van der Waals surface area contributed by atoms with Crippen molar-refractivity contribution < 1.29 is 19.1 Å². The van der Waals surface area contributed by atoms with Crippen LogP contribution < -0.4 is 10.1 Å². The summed E-state index contributed by atoms with van der Waals surface area (Å²) >= 11 is 0. The van der Waals surface area contributed by atoms with Gasteiger partial charge in [-0.25, -0.2) is 4.79 Å². The number of fused-ring (bicyclic) bond motifs is 1. The van der Waals surface area contributed by atoms with Gasteiger partial charge in [0.2, 0.25) is 6.41 Å². The first-order valence-electron chi connectivity index (χ1n) is 11.1. The fraction of sp³-hybridized carbons (Fsp3) is 0.667. The summed E-state index contributed by atoms with van der Waals surface area (Å²) < 4.78 is 11.5. The van der Waals surface area contributed by atoms with Crippen LogP contribution in [0.4, 0.5) is 4.79 Å². The molecule has 1 atom stereocenters. The lowest BCUT2D eigenvalue weighted by atomic mass is 9.68. The number of urea groups is 1. The van der Waals surface area contributed by atoms with Gasteiger partial charge in [-0.05, 0) is 80.5 Å². The number of nitrogens with zero attached hydrogens (tertiary/aromatic N) is 1. The van der Waals surface area contributed by atoms with Crippen molar-refractivity contribution >= 4 is 12.4 Å². The summed E-state index contributed by atoms with van der Waals surface area (Å²) in [5, 5.41) is 3.21. The monoisotopic (exact) mass is 416 g/mol. The summed E-state index contributed by atoms with van der Waals surface area (Å²) in [5.74, 6) is 1.28. The zero-order valence-electron chi connectivity index (χ0n) is 18.9. The topological polar surface area (TPSA) is 67.9 Å². The number of rotatable bonds is 7. The highest BCUT2D eigenvalue weighted by Crippen LogP contribution is 2.55. The molecule has 1 aromatic carbocycles. The third kappa shape index (κ3) is 4.64. The maximum Gasteiger partial charge on any atom is 0.324 e. The van der Waals surface area contributed by atoms with Crippen LogP contribution >= 0.6 is 0 Å². The zero-order valence-corrected chi connectivity index (χ0v) is 18.9. The van der Waals surface area contributed by atoms with Gasteiger partial charge in [0.05, 0.1) is 18.8 Å². The van der Waals surface area contributed by atoms with Gasteiger partial charge in [-0.15, -0.1) is 0 Å². The van der Waals surface area contributed by atoms with Crippen LogP contribution in [-0.4, -0.2) is 43.2 Å². The van der Waals surface area contributed by atoms with E-state index in [1.54, 1.807) is 7.11 Å². The molecule has 1 fully saturated rings. The third-order valence-electron chi connectivity index (χ3n) is 6.60. The van der Waals surface area contributed by atoms with Crippen LogP contribution in [0.3, 0.4) is 0 Å². The molecule has 166 valence electrons. The van der Waals surface area contributed by atoms with E-state index in [1.165, 1.54) is 10.5 Å². The molecule has 3 amide bonds. The number of imide groups is 1. The first kappa shape index (κ1) is 22.6. The first-order chi connectivity index (χ1) is 14.3. The largest absolute Gasteiger partial charge is 0.493 e. The molecule has 1 N–H and O–H groups in total. The van der Waals surface area contributed by atoms with Gasteiger partial charge >= 0.3 is 6.03 Å². The Bertz CT molecular complexity index is 754. The number of carbonyl (C=O) groups excluding carboxylic acids is 2. The van der Waals surface area contributed by atoms with Crippen LogP contribution in [0.15, 0.2) is 18.2 Å². The molecular weight excluding hydrogens is 380 g/mol. The molecule has 6 heteroatoms. The van der Waals surface area contributed by atoms with Crippen molar-refractivity contribution in [3.8, 4) is 5.75 Å². The molecule has 3 rings (SSSR count). The Morgan fingerprint density at radius 2 is 1.97 bits per heavy atom. The van der Waals surface area contributed by atoms with Crippen LogP contribution in [-0.2, 0) is 16.0 Å². The average molecular weight is 417 g/mol. The van der Waals surface area contributed by atoms with E-state index in [0.717, 1.165) is 43.4 Å². The summed E-state index contributed by atoms with van der Waals surface area (Å²) in [5.41, 5.74) is 2.33. The Morgan fingerprint density at radius 3 is 2.53 bits per heavy atom. The molecule has 2 aliphatic rings. The van der Waals surface area contributed by atoms with Gasteiger partial charge in [-0.2, -0.15) is 0 Å². The van der Waals surface area contributed by atoms with Crippen LogP contribution in [0.2, 0.25) is 0 Å². The van der Waals surface area contributed by atoms with Gasteiger partial charge in [-0.1, -0.05) is 19.9 Å². The Hall–Kier alpha value is -2.08. The van der Waals surface area contributed by atoms with Gasteiger partial charge in [0.15, 0.2) is 0 Å². The van der Waals surface area contributed by atoms with Crippen molar-refractivity contribution in [2.75, 3.05) is 13.7 Å². The van der Waals surface area contributed by atoms with Crippen molar-refractivity contribution in [3.05, 3.63) is 29.3 Å². The maximum atomic E-state index is 13.0. The second-order valence-corrected chi connectivity index (χ2v) is 9.53. The van der Waals surface area contributed by atoms with Crippen molar-refractivity contribution in [3.63, 3.8) is 0 Å². The van der Waals surface area contributed by atoms with Gasteiger partial charge in [0, 0.05) is 13.2 Å². The number of methoxy groups -OCH3 is 1. The van der Waals surface area contributed by atoms with Crippen molar-refractivity contribution in [1.29, 1.82) is 0 Å². The second kappa shape index (κ2) is 9.38. The van der Waals surface area contributed by atoms with E-state index in [0.29, 0.717) is 18.9 Å². The van der Waals surface area contributed by atoms with Crippen molar-refractivity contribution in [2.45, 2.75) is 78.0 Å². The summed E-state index contributed by atoms with van der Waals surface area (Å²) in [6.45, 7) is 8.59. The van der Waals surface area contributed by atoms with E-state index in [9.17, 15) is 9.59 Å². The van der Waals surface area contributed by atoms with Crippen LogP contribution in [0.5, 0.6) is 5.75 Å². The van der Waals surface area contributed by atoms with Gasteiger partial charge in [0.25, 0.3) is 0 Å². The van der Waals surface area contributed by atoms with E-state index >= 15 is 0 Å². The number of ether oxygens (including phenoxy) is 2. The Morgan fingerprint density at radius 1 is 1.27 bits per heavy atom. The molecule has 30 heavy (non-hydrogen) atoms. The number of hydrogen-bond donors (Lipinski definition) is 1. The molecule has 1 unspecified atom stereocenters. The molecule has 0 heterocycles. The number of benzene rings is 1. The van der Waals surface area contributed by atoms with E-state index < -0.39 is 0 Å². The number of carbonyl (C=O) groups is 2. The van der Waals surface area contributed by atoms with Gasteiger partial charge in [-0.3, -0.25) is 9.69 Å². The highest BCUT2D eigenvalue weighted by atomic mass is 16.5. The summed E-state index contributed by atoms with van der Waals surface area (Å²) in [6.07, 6.45) is 5.75. The van der Waals surface area contributed by atoms with Crippen LogP contribution in [0.25, 0.3) is 0 Å². The van der Waals surface area contributed by atoms with Crippen molar-refractivity contribution in [2.24, 2.45) is 11.3 Å². The number of hydrogen-bond acceptors (Lipinski definition) is 4. The van der Waals surface area contributed by atoms with Gasteiger partial charge in [0.1, 0.15) is 5.75 Å². The minimum Gasteiger partial charge on any atom is -0.493 e. The molecule has 1 spiro atoms. The number of amides is 3. The second-order valence-electron chi connectivity index (χ2n) is 9.53. The van der Waals surface area contributed by atoms with E-state index in [-0.39, 0.29) is 29.6 Å². The standard InChI is InChI=1S/C24H36N2O4/c1-16(2)14-30-20-7-6-18-13-24(10-8-19(29-5)9-11-24)22(21(18)12-20)25-23(28)26(15-27)17(3)4/h6-7,12,15-17,19,22H,8-11,13-14H2,1-5H3,(H,25,28). The minimum atomic E-state index is -0.334. The molecule has 0 saturated heterocycles. The normalized spacial score (nSPS) is 25.4. The maximum absolute atomic E-state index is 13.0. The fourth-order valence-corrected chi connectivity index (χ4v) is 4.87. The minimum absolute atomic E-state index is 0.0464. The van der Waals surface area contributed by atoms with Crippen LogP contribution in [0.1, 0.15) is 70.5 Å². The highest BCUT2D eigenvalue weighted by Gasteiger charge is 2.49. The van der Waals surface area contributed by atoms with E-state index in [4.69, 9.17) is 9.47 Å². The summed E-state index contributed by atoms with van der Waals surface area (Å²) in [7, 11) is 1.77. The summed E-state index contributed by atoms with van der Waals surface area (Å²) in [4.78, 5) is 25.7. The zero-order chi connectivity index (χ0) is 21.9. The molecule has 1 saturated carbocycles. The quantitative estimate of drug-likeness (QED) is 0.666. The third-order valence-corrected chi connectivity index (χ3v) is 6.60. The Balaban J connectivity index is 1.90. The Kier molecular flexibility index (Phi) is 7.06. The first-order valence-corrected chi connectivity index (χ1v) is 11.1. The van der Waals surface area contributed by atoms with Gasteiger partial charge < -0.3 is 14.8 Å². The molecule has 6 nitrogen and oxygen atoms in total. The molecule has 0 radical (unpaired) electrons. The molecule has 1 aromatic rings. The fourth-order valence-electron chi connectivity index (χ4n) is 4.87. The van der Waals surface area contributed by atoms with E-state index in [2.05, 4.69) is 31.3 Å². The van der Waals surface area contributed by atoms with E-state index in [1.807, 2.05) is 19.9 Å². The predicted octanol–water partition coefficient (Wildman–Crippen LogP) is 4.47. The van der Waals surface area contributed by atoms with Crippen LogP contribution in [0, 0.1) is 11.3 Å². The predicted molar refractivity (Wildman–Crippen MR) is 116 cm³/mol. The SMILES string of the molecule is COC1CCC2(CC1)Cc1ccc(OCC(C)C)cc1C2NC(=O)N(C=O)C(C)C. The lowest BCUT2D eigenvalue weighted by Gasteiger charge is -2.42. The molecule has 0 aromatic heterocycles.